The zero-order chi connectivity index (χ0) is 14.4. The molecule has 1 fully saturated rings. The normalized spacial score (nSPS) is 26.1. The van der Waals surface area contributed by atoms with Crippen LogP contribution in [0.1, 0.15) is 63.6 Å². The van der Waals surface area contributed by atoms with E-state index in [-0.39, 0.29) is 5.41 Å². The van der Waals surface area contributed by atoms with Crippen LogP contribution in [0, 0.1) is 10.8 Å². The standard InChI is InChI=1S/C18H26ClN/c1-4-18(8-5-9-18)12-20-16-15-10-14(19)7-6-13(15)11-17(16,2)3/h6-7,10,16,20H,4-5,8-9,11-12H2,1-3H3. The van der Waals surface area contributed by atoms with Gasteiger partial charge in [0.25, 0.3) is 0 Å². The van der Waals surface area contributed by atoms with Crippen LogP contribution in [-0.4, -0.2) is 6.54 Å². The average Bonchev–Trinajstić information content (AvgIpc) is 2.59. The van der Waals surface area contributed by atoms with Crippen molar-refractivity contribution in [1.82, 2.24) is 5.32 Å². The highest BCUT2D eigenvalue weighted by molar-refractivity contribution is 6.30. The molecular formula is C18H26ClN. The Morgan fingerprint density at radius 2 is 2.05 bits per heavy atom. The van der Waals surface area contributed by atoms with Gasteiger partial charge in [0, 0.05) is 17.6 Å². The van der Waals surface area contributed by atoms with Crippen LogP contribution in [0.25, 0.3) is 0 Å². The van der Waals surface area contributed by atoms with Crippen molar-refractivity contribution in [3.05, 3.63) is 34.3 Å². The Kier molecular flexibility index (Phi) is 3.63. The number of rotatable bonds is 4. The average molecular weight is 292 g/mol. The second-order valence-electron chi connectivity index (χ2n) is 7.53. The highest BCUT2D eigenvalue weighted by Gasteiger charge is 2.41. The summed E-state index contributed by atoms with van der Waals surface area (Å²) in [6.07, 6.45) is 6.65. The lowest BCUT2D eigenvalue weighted by molar-refractivity contribution is 0.108. The predicted molar refractivity (Wildman–Crippen MR) is 86.3 cm³/mol. The van der Waals surface area contributed by atoms with Crippen LogP contribution >= 0.6 is 11.6 Å². The molecule has 3 rings (SSSR count). The quantitative estimate of drug-likeness (QED) is 0.810. The molecule has 1 saturated carbocycles. The third-order valence-electron chi connectivity index (χ3n) is 5.69. The summed E-state index contributed by atoms with van der Waals surface area (Å²) in [6.45, 7) is 8.24. The second-order valence-corrected chi connectivity index (χ2v) is 7.97. The summed E-state index contributed by atoms with van der Waals surface area (Å²) in [5, 5.41) is 4.75. The fourth-order valence-electron chi connectivity index (χ4n) is 4.05. The molecule has 0 aromatic heterocycles. The lowest BCUT2D eigenvalue weighted by Gasteiger charge is -2.43. The van der Waals surface area contributed by atoms with Crippen molar-refractivity contribution in [3.8, 4) is 0 Å². The molecule has 0 radical (unpaired) electrons. The Morgan fingerprint density at radius 1 is 1.30 bits per heavy atom. The van der Waals surface area contributed by atoms with Gasteiger partial charge in [0.1, 0.15) is 0 Å². The first-order valence-corrected chi connectivity index (χ1v) is 8.35. The molecule has 2 heteroatoms. The summed E-state index contributed by atoms with van der Waals surface area (Å²) in [7, 11) is 0. The number of fused-ring (bicyclic) bond motifs is 1. The molecule has 2 aliphatic rings. The number of nitrogens with one attached hydrogen (secondary N) is 1. The lowest BCUT2D eigenvalue weighted by atomic mass is 9.66. The highest BCUT2D eigenvalue weighted by Crippen LogP contribution is 2.48. The van der Waals surface area contributed by atoms with Crippen LogP contribution in [0.5, 0.6) is 0 Å². The van der Waals surface area contributed by atoms with E-state index in [0.29, 0.717) is 11.5 Å². The molecular weight excluding hydrogens is 266 g/mol. The predicted octanol–water partition coefficient (Wildman–Crippen LogP) is 5.13. The van der Waals surface area contributed by atoms with Gasteiger partial charge in [0.2, 0.25) is 0 Å². The van der Waals surface area contributed by atoms with E-state index in [1.807, 2.05) is 6.07 Å². The minimum atomic E-state index is 0.283. The summed E-state index contributed by atoms with van der Waals surface area (Å²) in [4.78, 5) is 0. The van der Waals surface area contributed by atoms with Crippen LogP contribution in [0.4, 0.5) is 0 Å². The molecule has 1 aromatic carbocycles. The summed E-state index contributed by atoms with van der Waals surface area (Å²) >= 11 is 6.21. The summed E-state index contributed by atoms with van der Waals surface area (Å²) in [5.41, 5.74) is 3.74. The van der Waals surface area contributed by atoms with Crippen LogP contribution in [0.2, 0.25) is 5.02 Å². The largest absolute Gasteiger partial charge is 0.309 e. The zero-order valence-electron chi connectivity index (χ0n) is 12.9. The molecule has 1 aromatic rings. The third-order valence-corrected chi connectivity index (χ3v) is 5.93. The van der Waals surface area contributed by atoms with E-state index in [9.17, 15) is 0 Å². The zero-order valence-corrected chi connectivity index (χ0v) is 13.7. The number of hydrogen-bond acceptors (Lipinski definition) is 1. The first-order valence-electron chi connectivity index (χ1n) is 7.98. The number of halogens is 1. The van der Waals surface area contributed by atoms with Crippen molar-refractivity contribution in [2.24, 2.45) is 10.8 Å². The van der Waals surface area contributed by atoms with Gasteiger partial charge in [-0.25, -0.2) is 0 Å². The summed E-state index contributed by atoms with van der Waals surface area (Å²) in [5.74, 6) is 0. The van der Waals surface area contributed by atoms with Crippen molar-refractivity contribution < 1.29 is 0 Å². The first-order chi connectivity index (χ1) is 9.46. The van der Waals surface area contributed by atoms with Gasteiger partial charge in [-0.1, -0.05) is 44.9 Å². The van der Waals surface area contributed by atoms with E-state index in [2.05, 4.69) is 38.2 Å². The molecule has 1 nitrogen and oxygen atoms in total. The summed E-state index contributed by atoms with van der Waals surface area (Å²) in [6, 6.07) is 6.85. The van der Waals surface area contributed by atoms with Crippen molar-refractivity contribution >= 4 is 11.6 Å². The Balaban J connectivity index is 1.79. The molecule has 1 atom stereocenters. The Labute approximate surface area is 128 Å². The van der Waals surface area contributed by atoms with Gasteiger partial charge in [-0.2, -0.15) is 0 Å². The van der Waals surface area contributed by atoms with E-state index in [1.165, 1.54) is 36.8 Å². The van der Waals surface area contributed by atoms with Crippen molar-refractivity contribution in [1.29, 1.82) is 0 Å². The first kappa shape index (κ1) is 14.4. The van der Waals surface area contributed by atoms with Gasteiger partial charge in [-0.15, -0.1) is 0 Å². The maximum absolute atomic E-state index is 6.21. The van der Waals surface area contributed by atoms with Crippen LogP contribution < -0.4 is 5.32 Å². The lowest BCUT2D eigenvalue weighted by Crippen LogP contribution is -2.43. The highest BCUT2D eigenvalue weighted by atomic mass is 35.5. The van der Waals surface area contributed by atoms with Crippen molar-refractivity contribution in [2.45, 2.75) is 58.9 Å². The molecule has 1 unspecified atom stereocenters. The van der Waals surface area contributed by atoms with Gasteiger partial charge in [-0.05, 0) is 59.8 Å². The minimum Gasteiger partial charge on any atom is -0.309 e. The molecule has 0 saturated heterocycles. The van der Waals surface area contributed by atoms with Crippen LogP contribution in [0.15, 0.2) is 18.2 Å². The molecule has 0 aliphatic heterocycles. The maximum atomic E-state index is 6.21. The van der Waals surface area contributed by atoms with Crippen molar-refractivity contribution in [3.63, 3.8) is 0 Å². The molecule has 110 valence electrons. The molecule has 0 amide bonds. The molecule has 20 heavy (non-hydrogen) atoms. The van der Waals surface area contributed by atoms with Crippen molar-refractivity contribution in [2.75, 3.05) is 6.54 Å². The Hall–Kier alpha value is -0.530. The van der Waals surface area contributed by atoms with Crippen LogP contribution in [-0.2, 0) is 6.42 Å². The third kappa shape index (κ3) is 2.40. The Morgan fingerprint density at radius 3 is 2.65 bits per heavy atom. The molecule has 0 heterocycles. The van der Waals surface area contributed by atoms with Gasteiger partial charge in [-0.3, -0.25) is 0 Å². The number of benzene rings is 1. The topological polar surface area (TPSA) is 12.0 Å². The fraction of sp³-hybridized carbons (Fsp3) is 0.667. The molecule has 2 aliphatic carbocycles. The van der Waals surface area contributed by atoms with E-state index in [4.69, 9.17) is 11.6 Å². The second kappa shape index (κ2) is 5.03. The number of hydrogen-bond donors (Lipinski definition) is 1. The molecule has 0 bridgehead atoms. The van der Waals surface area contributed by atoms with Gasteiger partial charge >= 0.3 is 0 Å². The Bertz CT molecular complexity index is 497. The van der Waals surface area contributed by atoms with E-state index in [0.717, 1.165) is 18.0 Å². The molecule has 0 spiro atoms. The smallest absolute Gasteiger partial charge is 0.0409 e. The van der Waals surface area contributed by atoms with Gasteiger partial charge in [0.15, 0.2) is 0 Å². The summed E-state index contributed by atoms with van der Waals surface area (Å²) < 4.78 is 0. The van der Waals surface area contributed by atoms with E-state index >= 15 is 0 Å². The van der Waals surface area contributed by atoms with E-state index < -0.39 is 0 Å². The monoisotopic (exact) mass is 291 g/mol. The maximum Gasteiger partial charge on any atom is 0.0409 e. The van der Waals surface area contributed by atoms with Gasteiger partial charge in [0.05, 0.1) is 0 Å². The van der Waals surface area contributed by atoms with E-state index in [1.54, 1.807) is 0 Å². The minimum absolute atomic E-state index is 0.283. The van der Waals surface area contributed by atoms with Crippen LogP contribution in [0.3, 0.4) is 0 Å². The fourth-order valence-corrected chi connectivity index (χ4v) is 4.23. The molecule has 1 N–H and O–H groups in total. The van der Waals surface area contributed by atoms with Gasteiger partial charge < -0.3 is 5.32 Å². The SMILES string of the molecule is CCC1(CNC2c3cc(Cl)ccc3CC2(C)C)CCC1.